The highest BCUT2D eigenvalue weighted by Crippen LogP contribution is 2.47. The van der Waals surface area contributed by atoms with Crippen LogP contribution in [-0.2, 0) is 13.6 Å². The summed E-state index contributed by atoms with van der Waals surface area (Å²) in [5.74, 6) is 0.454. The molecule has 2 N–H and O–H groups in total. The molecule has 0 unspecified atom stereocenters. The molecule has 8 nitrogen and oxygen atoms in total. The zero-order valence-corrected chi connectivity index (χ0v) is 19.1. The number of rotatable bonds is 10. The van der Waals surface area contributed by atoms with Gasteiger partial charge < -0.3 is 24.1 Å². The van der Waals surface area contributed by atoms with E-state index in [1.165, 1.54) is 17.4 Å². The minimum absolute atomic E-state index is 0.119. The minimum atomic E-state index is -3.33. The molecule has 30 heavy (non-hydrogen) atoms. The Morgan fingerprint density at radius 2 is 1.93 bits per heavy atom. The molecule has 3 aromatic rings. The van der Waals surface area contributed by atoms with E-state index >= 15 is 0 Å². The van der Waals surface area contributed by atoms with E-state index in [-0.39, 0.29) is 31.0 Å². The largest absolute Gasteiger partial charge is 0.481 e. The van der Waals surface area contributed by atoms with E-state index in [0.29, 0.717) is 28.0 Å². The average Bonchev–Trinajstić information content (AvgIpc) is 3.14. The Balaban J connectivity index is 1.87. The smallest absolute Gasteiger partial charge is 0.367 e. The number of ether oxygens (including phenoxy) is 1. The Morgan fingerprint density at radius 3 is 2.60 bits per heavy atom. The third-order valence-corrected chi connectivity index (χ3v) is 6.56. The number of thiazole rings is 1. The fourth-order valence-electron chi connectivity index (χ4n) is 2.83. The highest BCUT2D eigenvalue weighted by Gasteiger charge is 2.24. The minimum Gasteiger partial charge on any atom is -0.481 e. The first-order valence-electron chi connectivity index (χ1n) is 9.74. The van der Waals surface area contributed by atoms with Crippen LogP contribution in [0.4, 0.5) is 5.13 Å². The first kappa shape index (κ1) is 22.5. The number of nitrogens with one attached hydrogen (secondary N) is 2. The van der Waals surface area contributed by atoms with Gasteiger partial charge in [0.1, 0.15) is 5.75 Å². The molecule has 0 bridgehead atoms. The molecule has 2 aromatic heterocycles. The van der Waals surface area contributed by atoms with E-state index < -0.39 is 7.60 Å². The molecule has 2 heterocycles. The number of fused-ring (bicyclic) bond motifs is 1. The molecule has 162 valence electrons. The number of aromatic amines is 1. The molecule has 1 aromatic carbocycles. The number of benzene rings is 1. The Kier molecular flexibility index (Phi) is 7.31. The summed E-state index contributed by atoms with van der Waals surface area (Å²) < 4.78 is 28.7. The molecular weight excluding hydrogens is 425 g/mol. The molecule has 10 heteroatoms. The molecule has 0 aliphatic carbocycles. The van der Waals surface area contributed by atoms with E-state index in [1.54, 1.807) is 32.0 Å². The van der Waals surface area contributed by atoms with Crippen LogP contribution in [0.25, 0.3) is 22.3 Å². The van der Waals surface area contributed by atoms with Crippen molar-refractivity contribution in [1.82, 2.24) is 9.97 Å². The maximum atomic E-state index is 12.6. The standard InChI is InChI=1S/C20H26N3O5PS/c1-5-27-29(25,28-6-2)12-26-14-7-8-15-16(9-14)22-17(10-19(15)24)18-11-30-20(23-18)21-13(3)4/h7-11,13H,5-6,12H2,1-4H3,(H,21,23)(H,22,24). The molecule has 0 aliphatic rings. The third kappa shape index (κ3) is 5.49. The Morgan fingerprint density at radius 1 is 1.20 bits per heavy atom. The van der Waals surface area contributed by atoms with Gasteiger partial charge in [-0.15, -0.1) is 11.3 Å². The number of pyridine rings is 1. The van der Waals surface area contributed by atoms with Crippen LogP contribution in [0, 0.1) is 0 Å². The highest BCUT2D eigenvalue weighted by atomic mass is 32.1. The Labute approximate surface area is 179 Å². The van der Waals surface area contributed by atoms with Gasteiger partial charge in [0.2, 0.25) is 0 Å². The molecule has 0 aliphatic heterocycles. The lowest BCUT2D eigenvalue weighted by Gasteiger charge is -2.17. The lowest BCUT2D eigenvalue weighted by molar-refractivity contribution is 0.197. The maximum absolute atomic E-state index is 12.6. The molecule has 0 radical (unpaired) electrons. The number of aromatic nitrogens is 2. The summed E-state index contributed by atoms with van der Waals surface area (Å²) in [4.78, 5) is 20.4. The zero-order valence-electron chi connectivity index (χ0n) is 17.4. The van der Waals surface area contributed by atoms with E-state index in [0.717, 1.165) is 5.13 Å². The van der Waals surface area contributed by atoms with Gasteiger partial charge in [-0.05, 0) is 39.8 Å². The lowest BCUT2D eigenvalue weighted by Crippen LogP contribution is -2.09. The monoisotopic (exact) mass is 451 g/mol. The van der Waals surface area contributed by atoms with Crippen LogP contribution in [0.5, 0.6) is 5.75 Å². The van der Waals surface area contributed by atoms with Crippen LogP contribution in [0.3, 0.4) is 0 Å². The Hall–Kier alpha value is -2.19. The van der Waals surface area contributed by atoms with Crippen molar-refractivity contribution in [1.29, 1.82) is 0 Å². The van der Waals surface area contributed by atoms with Gasteiger partial charge in [0, 0.05) is 28.9 Å². The molecule has 0 fully saturated rings. The van der Waals surface area contributed by atoms with Crippen LogP contribution < -0.4 is 15.5 Å². The van der Waals surface area contributed by atoms with Gasteiger partial charge in [-0.1, -0.05) is 0 Å². The maximum Gasteiger partial charge on any atom is 0.367 e. The van der Waals surface area contributed by atoms with Gasteiger partial charge in [-0.3, -0.25) is 9.36 Å². The normalized spacial score (nSPS) is 11.9. The van der Waals surface area contributed by atoms with Gasteiger partial charge in [-0.2, -0.15) is 0 Å². The molecule has 0 spiro atoms. The fourth-order valence-corrected chi connectivity index (χ4v) is 5.00. The molecule has 0 saturated carbocycles. The van der Waals surface area contributed by atoms with Crippen molar-refractivity contribution in [2.75, 3.05) is 24.9 Å². The number of nitrogens with zero attached hydrogens (tertiary/aromatic N) is 1. The van der Waals surface area contributed by atoms with Crippen LogP contribution >= 0.6 is 18.9 Å². The SMILES string of the molecule is CCOP(=O)(COc1ccc2c(=O)cc(-c3csc(NC(C)C)n3)[nH]c2c1)OCC. The fraction of sp³-hybridized carbons (Fsp3) is 0.400. The third-order valence-electron chi connectivity index (χ3n) is 4.03. The van der Waals surface area contributed by atoms with Gasteiger partial charge in [0.15, 0.2) is 16.9 Å². The molecule has 3 rings (SSSR count). The number of hydrogen-bond acceptors (Lipinski definition) is 8. The van der Waals surface area contributed by atoms with E-state index in [1.807, 2.05) is 19.2 Å². The summed E-state index contributed by atoms with van der Waals surface area (Å²) in [6.45, 7) is 8.09. The summed E-state index contributed by atoms with van der Waals surface area (Å²) in [6, 6.07) is 6.83. The van der Waals surface area contributed by atoms with Crippen molar-refractivity contribution in [3.8, 4) is 17.1 Å². The van der Waals surface area contributed by atoms with Crippen LogP contribution in [0.2, 0.25) is 0 Å². The number of H-pyrrole nitrogens is 1. The highest BCUT2D eigenvalue weighted by molar-refractivity contribution is 7.53. The summed E-state index contributed by atoms with van der Waals surface area (Å²) in [5.41, 5.74) is 1.78. The number of anilines is 1. The molecule has 0 amide bonds. The average molecular weight is 451 g/mol. The first-order chi connectivity index (χ1) is 14.3. The lowest BCUT2D eigenvalue weighted by atomic mass is 10.1. The van der Waals surface area contributed by atoms with Crippen molar-refractivity contribution in [3.05, 3.63) is 39.9 Å². The zero-order chi connectivity index (χ0) is 21.7. The van der Waals surface area contributed by atoms with Crippen molar-refractivity contribution < 1.29 is 18.3 Å². The number of hydrogen-bond donors (Lipinski definition) is 2. The molecule has 0 atom stereocenters. The van der Waals surface area contributed by atoms with Gasteiger partial charge in [0.25, 0.3) is 0 Å². The topological polar surface area (TPSA) is 103 Å². The van der Waals surface area contributed by atoms with Crippen LogP contribution in [-0.4, -0.2) is 35.6 Å². The molecular formula is C20H26N3O5PS. The first-order valence-corrected chi connectivity index (χ1v) is 12.3. The van der Waals surface area contributed by atoms with Crippen molar-refractivity contribution in [2.45, 2.75) is 33.7 Å². The van der Waals surface area contributed by atoms with Crippen molar-refractivity contribution in [3.63, 3.8) is 0 Å². The van der Waals surface area contributed by atoms with E-state index in [9.17, 15) is 9.36 Å². The second-order valence-corrected chi connectivity index (χ2v) is 9.67. The molecule has 0 saturated heterocycles. The summed E-state index contributed by atoms with van der Waals surface area (Å²) in [7, 11) is -3.33. The quantitative estimate of drug-likeness (QED) is 0.415. The van der Waals surface area contributed by atoms with E-state index in [4.69, 9.17) is 13.8 Å². The summed E-state index contributed by atoms with van der Waals surface area (Å²) in [6.07, 6.45) is -0.208. The van der Waals surface area contributed by atoms with Crippen LogP contribution in [0.1, 0.15) is 27.7 Å². The summed E-state index contributed by atoms with van der Waals surface area (Å²) >= 11 is 1.48. The van der Waals surface area contributed by atoms with Crippen molar-refractivity contribution >= 4 is 35.0 Å². The van der Waals surface area contributed by atoms with Crippen LogP contribution in [0.15, 0.2) is 34.4 Å². The summed E-state index contributed by atoms with van der Waals surface area (Å²) in [5, 5.41) is 6.46. The van der Waals surface area contributed by atoms with Crippen molar-refractivity contribution in [2.24, 2.45) is 0 Å². The van der Waals surface area contributed by atoms with Gasteiger partial charge >= 0.3 is 7.60 Å². The Bertz CT molecular complexity index is 1100. The predicted molar refractivity (Wildman–Crippen MR) is 121 cm³/mol. The second kappa shape index (κ2) is 9.75. The second-order valence-electron chi connectivity index (χ2n) is 6.81. The van der Waals surface area contributed by atoms with Gasteiger partial charge in [-0.25, -0.2) is 4.98 Å². The predicted octanol–water partition coefficient (Wildman–Crippen LogP) is 5.07. The van der Waals surface area contributed by atoms with Gasteiger partial charge in [0.05, 0.1) is 30.1 Å². The van der Waals surface area contributed by atoms with E-state index in [2.05, 4.69) is 15.3 Å².